The van der Waals surface area contributed by atoms with Gasteiger partial charge in [0, 0.05) is 28.2 Å². The minimum absolute atomic E-state index is 0.135. The molecule has 2 aromatic rings. The molecule has 1 heterocycles. The number of anilines is 2. The average molecular weight is 367 g/mol. The second-order valence-electron chi connectivity index (χ2n) is 5.75. The molecule has 1 amide bonds. The molecule has 2 rings (SSSR count). The number of thiophene rings is 1. The molecule has 130 valence electrons. The summed E-state index contributed by atoms with van der Waals surface area (Å²) < 4.78 is 25.8. The highest BCUT2D eigenvalue weighted by molar-refractivity contribution is 7.89. The molecule has 0 saturated heterocycles. The zero-order valence-corrected chi connectivity index (χ0v) is 16.0. The molecule has 6 nitrogen and oxygen atoms in total. The second kappa shape index (κ2) is 6.92. The fourth-order valence-corrected chi connectivity index (χ4v) is 3.91. The van der Waals surface area contributed by atoms with Crippen molar-refractivity contribution in [3.8, 4) is 0 Å². The molecular formula is C16H21N3O3S2. The van der Waals surface area contributed by atoms with Crippen LogP contribution in [0.3, 0.4) is 0 Å². The van der Waals surface area contributed by atoms with Gasteiger partial charge in [-0.15, -0.1) is 11.3 Å². The smallest absolute Gasteiger partial charge is 0.266 e. The standard InChI is InChI=1S/C16H21N3O3S2/c1-11-8-9-23-15(11)16(20)17-13-10-12(24(21,22)19(4)5)6-7-14(13)18(2)3/h6-10H,1-5H3,(H,17,20). The summed E-state index contributed by atoms with van der Waals surface area (Å²) in [7, 11) is 3.05. The van der Waals surface area contributed by atoms with Crippen LogP contribution in [0.2, 0.25) is 0 Å². The van der Waals surface area contributed by atoms with Crippen LogP contribution >= 0.6 is 11.3 Å². The highest BCUT2D eigenvalue weighted by atomic mass is 32.2. The highest BCUT2D eigenvalue weighted by Crippen LogP contribution is 2.29. The Bertz CT molecular complexity index is 855. The van der Waals surface area contributed by atoms with E-state index in [4.69, 9.17) is 0 Å². The molecule has 0 fully saturated rings. The SMILES string of the molecule is Cc1ccsc1C(=O)Nc1cc(S(=O)(=O)N(C)C)ccc1N(C)C. The number of benzene rings is 1. The summed E-state index contributed by atoms with van der Waals surface area (Å²) in [5, 5.41) is 4.68. The summed E-state index contributed by atoms with van der Waals surface area (Å²) in [4.78, 5) is 15.1. The van der Waals surface area contributed by atoms with Gasteiger partial charge in [0.15, 0.2) is 0 Å². The molecule has 0 atom stereocenters. The number of rotatable bonds is 5. The molecule has 1 N–H and O–H groups in total. The van der Waals surface area contributed by atoms with Crippen LogP contribution in [0.1, 0.15) is 15.2 Å². The first-order valence-electron chi connectivity index (χ1n) is 7.24. The van der Waals surface area contributed by atoms with E-state index >= 15 is 0 Å². The molecule has 8 heteroatoms. The van der Waals surface area contributed by atoms with E-state index in [0.717, 1.165) is 15.6 Å². The number of aryl methyl sites for hydroxylation is 1. The van der Waals surface area contributed by atoms with Crippen molar-refractivity contribution in [2.24, 2.45) is 0 Å². The van der Waals surface area contributed by atoms with Gasteiger partial charge in [0.1, 0.15) is 0 Å². The average Bonchev–Trinajstić information content (AvgIpc) is 2.92. The summed E-state index contributed by atoms with van der Waals surface area (Å²) in [5.74, 6) is -0.245. The Kier molecular flexibility index (Phi) is 5.32. The molecule has 1 aromatic heterocycles. The normalized spacial score (nSPS) is 11.6. The molecular weight excluding hydrogens is 346 g/mol. The van der Waals surface area contributed by atoms with Gasteiger partial charge in [-0.25, -0.2) is 12.7 Å². The van der Waals surface area contributed by atoms with Crippen molar-refractivity contribution in [2.75, 3.05) is 38.4 Å². The first-order chi connectivity index (χ1) is 11.1. The lowest BCUT2D eigenvalue weighted by molar-refractivity contribution is 0.103. The maximum Gasteiger partial charge on any atom is 0.266 e. The fourth-order valence-electron chi connectivity index (χ4n) is 2.16. The Labute approximate surface area is 146 Å². The zero-order chi connectivity index (χ0) is 18.1. The maximum atomic E-state index is 12.5. The third-order valence-electron chi connectivity index (χ3n) is 3.54. The van der Waals surface area contributed by atoms with Crippen molar-refractivity contribution in [1.29, 1.82) is 0 Å². The third kappa shape index (κ3) is 3.61. The van der Waals surface area contributed by atoms with Crippen LogP contribution in [-0.2, 0) is 10.0 Å². The fraction of sp³-hybridized carbons (Fsp3) is 0.312. The van der Waals surface area contributed by atoms with Crippen LogP contribution in [0.5, 0.6) is 0 Å². The van der Waals surface area contributed by atoms with Gasteiger partial charge in [-0.1, -0.05) is 0 Å². The summed E-state index contributed by atoms with van der Waals surface area (Å²) in [5.41, 5.74) is 2.08. The van der Waals surface area contributed by atoms with Gasteiger partial charge >= 0.3 is 0 Å². The van der Waals surface area contributed by atoms with Crippen molar-refractivity contribution in [3.63, 3.8) is 0 Å². The van der Waals surface area contributed by atoms with Crippen LogP contribution in [-0.4, -0.2) is 46.8 Å². The predicted octanol–water partition coefficient (Wildman–Crippen LogP) is 2.63. The monoisotopic (exact) mass is 367 g/mol. The van der Waals surface area contributed by atoms with Gasteiger partial charge in [-0.3, -0.25) is 4.79 Å². The Balaban J connectivity index is 2.47. The number of carbonyl (C=O) groups excluding carboxylic acids is 1. The number of hydrogen-bond acceptors (Lipinski definition) is 5. The summed E-state index contributed by atoms with van der Waals surface area (Å²) in [6.07, 6.45) is 0. The van der Waals surface area contributed by atoms with Crippen LogP contribution in [0.4, 0.5) is 11.4 Å². The van der Waals surface area contributed by atoms with E-state index in [1.165, 1.54) is 37.6 Å². The first-order valence-corrected chi connectivity index (χ1v) is 9.56. The van der Waals surface area contributed by atoms with E-state index in [1.54, 1.807) is 6.07 Å². The van der Waals surface area contributed by atoms with E-state index in [2.05, 4.69) is 5.32 Å². The van der Waals surface area contributed by atoms with E-state index in [1.807, 2.05) is 37.4 Å². The lowest BCUT2D eigenvalue weighted by Crippen LogP contribution is -2.23. The lowest BCUT2D eigenvalue weighted by atomic mass is 10.2. The molecule has 0 spiro atoms. The third-order valence-corrected chi connectivity index (χ3v) is 6.37. The van der Waals surface area contributed by atoms with Crippen LogP contribution in [0.25, 0.3) is 0 Å². The Morgan fingerprint density at radius 1 is 1.12 bits per heavy atom. The van der Waals surface area contributed by atoms with Crippen molar-refractivity contribution in [2.45, 2.75) is 11.8 Å². The lowest BCUT2D eigenvalue weighted by Gasteiger charge is -2.20. The van der Waals surface area contributed by atoms with Crippen molar-refractivity contribution >= 4 is 38.6 Å². The number of nitrogens with zero attached hydrogens (tertiary/aromatic N) is 2. The summed E-state index contributed by atoms with van der Waals surface area (Å²) >= 11 is 1.35. The molecule has 0 unspecified atom stereocenters. The van der Waals surface area contributed by atoms with E-state index in [9.17, 15) is 13.2 Å². The van der Waals surface area contributed by atoms with Gasteiger partial charge in [-0.05, 0) is 42.1 Å². The highest BCUT2D eigenvalue weighted by Gasteiger charge is 2.21. The minimum atomic E-state index is -3.57. The maximum absolute atomic E-state index is 12.5. The molecule has 1 aromatic carbocycles. The molecule has 0 radical (unpaired) electrons. The van der Waals surface area contributed by atoms with Crippen molar-refractivity contribution < 1.29 is 13.2 Å². The molecule has 0 bridgehead atoms. The molecule has 24 heavy (non-hydrogen) atoms. The summed E-state index contributed by atoms with van der Waals surface area (Å²) in [6, 6.07) is 6.59. The largest absolute Gasteiger partial charge is 0.376 e. The van der Waals surface area contributed by atoms with Gasteiger partial charge in [0.05, 0.1) is 21.1 Å². The topological polar surface area (TPSA) is 69.7 Å². The minimum Gasteiger partial charge on any atom is -0.376 e. The number of hydrogen-bond donors (Lipinski definition) is 1. The Morgan fingerprint density at radius 2 is 1.79 bits per heavy atom. The van der Waals surface area contributed by atoms with Crippen LogP contribution in [0.15, 0.2) is 34.5 Å². The van der Waals surface area contributed by atoms with Gasteiger partial charge in [0.2, 0.25) is 10.0 Å². The van der Waals surface area contributed by atoms with Crippen molar-refractivity contribution in [1.82, 2.24) is 4.31 Å². The Morgan fingerprint density at radius 3 is 2.29 bits per heavy atom. The first kappa shape index (κ1) is 18.4. The van der Waals surface area contributed by atoms with E-state index in [-0.39, 0.29) is 10.8 Å². The van der Waals surface area contributed by atoms with Gasteiger partial charge in [-0.2, -0.15) is 0 Å². The zero-order valence-electron chi connectivity index (χ0n) is 14.3. The van der Waals surface area contributed by atoms with Gasteiger partial charge < -0.3 is 10.2 Å². The van der Waals surface area contributed by atoms with Gasteiger partial charge in [0.25, 0.3) is 5.91 Å². The Hall–Kier alpha value is -1.90. The van der Waals surface area contributed by atoms with Crippen LogP contribution < -0.4 is 10.2 Å². The number of carbonyl (C=O) groups is 1. The van der Waals surface area contributed by atoms with E-state index < -0.39 is 10.0 Å². The van der Waals surface area contributed by atoms with E-state index in [0.29, 0.717) is 10.6 Å². The van der Waals surface area contributed by atoms with Crippen molar-refractivity contribution in [3.05, 3.63) is 40.1 Å². The molecule has 0 saturated carbocycles. The second-order valence-corrected chi connectivity index (χ2v) is 8.82. The number of sulfonamides is 1. The molecule has 0 aliphatic rings. The number of nitrogens with one attached hydrogen (secondary N) is 1. The quantitative estimate of drug-likeness (QED) is 0.882. The van der Waals surface area contributed by atoms with Crippen LogP contribution in [0, 0.1) is 6.92 Å². The number of amides is 1. The predicted molar refractivity (Wildman–Crippen MR) is 98.7 cm³/mol. The molecule has 0 aliphatic heterocycles. The molecule has 0 aliphatic carbocycles. The summed E-state index contributed by atoms with van der Waals surface area (Å²) in [6.45, 7) is 1.87.